The second-order valence-corrected chi connectivity index (χ2v) is 1.19. The molecule has 0 aromatic rings. The van der Waals surface area contributed by atoms with Crippen molar-refractivity contribution in [2.45, 2.75) is 6.92 Å². The van der Waals surface area contributed by atoms with Crippen molar-refractivity contribution >= 4 is 12.3 Å². The minimum atomic E-state index is -0.0813. The minimum absolute atomic E-state index is 0.0813. The highest BCUT2D eigenvalue weighted by molar-refractivity contribution is 5.86. The van der Waals surface area contributed by atoms with E-state index in [9.17, 15) is 0 Å². The number of nitrogens with one attached hydrogen (secondary N) is 2. The molecule has 0 saturated carbocycles. The lowest BCUT2D eigenvalue weighted by Gasteiger charge is -1.90. The average Bonchev–Trinajstić information content (AvgIpc) is 1.66. The van der Waals surface area contributed by atoms with E-state index in [1.807, 2.05) is 6.92 Å². The first-order valence-electron chi connectivity index (χ1n) is 2.36. The van der Waals surface area contributed by atoms with Crippen molar-refractivity contribution in [2.75, 3.05) is 6.54 Å². The Morgan fingerprint density at radius 3 is 3.00 bits per heavy atom. The highest BCUT2D eigenvalue weighted by atomic mass is 15.1. The van der Waals surface area contributed by atoms with Gasteiger partial charge in [0.25, 0.3) is 0 Å². The van der Waals surface area contributed by atoms with Gasteiger partial charge in [-0.05, 0) is 6.92 Å². The van der Waals surface area contributed by atoms with Crippen molar-refractivity contribution in [2.24, 2.45) is 10.7 Å². The van der Waals surface area contributed by atoms with Crippen LogP contribution < -0.4 is 11.1 Å². The van der Waals surface area contributed by atoms with E-state index in [1.54, 1.807) is 0 Å². The van der Waals surface area contributed by atoms with E-state index < -0.39 is 0 Å². The Morgan fingerprint density at radius 2 is 2.62 bits per heavy atom. The number of guanidine groups is 1. The molecule has 0 aromatic heterocycles. The zero-order valence-corrected chi connectivity index (χ0v) is 4.81. The van der Waals surface area contributed by atoms with Gasteiger partial charge in [-0.2, -0.15) is 0 Å². The summed E-state index contributed by atoms with van der Waals surface area (Å²) in [5.41, 5.74) is 4.91. The van der Waals surface area contributed by atoms with Gasteiger partial charge in [-0.15, -0.1) is 0 Å². The highest BCUT2D eigenvalue weighted by Gasteiger charge is 1.74. The zero-order valence-electron chi connectivity index (χ0n) is 4.81. The Labute approximate surface area is 48.3 Å². The van der Waals surface area contributed by atoms with Gasteiger partial charge in [-0.3, -0.25) is 10.4 Å². The third kappa shape index (κ3) is 4.94. The van der Waals surface area contributed by atoms with Gasteiger partial charge < -0.3 is 11.1 Å². The molecule has 0 rings (SSSR count). The van der Waals surface area contributed by atoms with Crippen LogP contribution in [-0.4, -0.2) is 18.8 Å². The Kier molecular flexibility index (Phi) is 3.56. The van der Waals surface area contributed by atoms with E-state index in [2.05, 4.69) is 10.3 Å². The lowest BCUT2D eigenvalue weighted by atomic mass is 10.8. The van der Waals surface area contributed by atoms with Gasteiger partial charge in [0.05, 0.1) is 6.34 Å². The van der Waals surface area contributed by atoms with Crippen molar-refractivity contribution in [1.29, 1.82) is 5.41 Å². The normalized spacial score (nSPS) is 9.62. The Hall–Kier alpha value is -1.06. The summed E-state index contributed by atoms with van der Waals surface area (Å²) in [4.78, 5) is 3.76. The molecule has 4 nitrogen and oxygen atoms in total. The predicted octanol–water partition coefficient (Wildman–Crippen LogP) is -0.482. The van der Waals surface area contributed by atoms with Gasteiger partial charge in [0.2, 0.25) is 0 Å². The minimum Gasteiger partial charge on any atom is -0.370 e. The second-order valence-electron chi connectivity index (χ2n) is 1.19. The smallest absolute Gasteiger partial charge is 0.190 e. The summed E-state index contributed by atoms with van der Waals surface area (Å²) < 4.78 is 0. The SMILES string of the molecule is CCN=CNC(=N)N. The van der Waals surface area contributed by atoms with Crippen LogP contribution in [0.4, 0.5) is 0 Å². The number of nitrogens with two attached hydrogens (primary N) is 1. The summed E-state index contributed by atoms with van der Waals surface area (Å²) in [6.45, 7) is 2.61. The van der Waals surface area contributed by atoms with Crippen LogP contribution in [0.15, 0.2) is 4.99 Å². The topological polar surface area (TPSA) is 74.3 Å². The van der Waals surface area contributed by atoms with Crippen molar-refractivity contribution in [1.82, 2.24) is 5.32 Å². The molecule has 4 N–H and O–H groups in total. The molecule has 0 aliphatic carbocycles. The first-order valence-corrected chi connectivity index (χ1v) is 2.36. The molecule has 0 saturated heterocycles. The van der Waals surface area contributed by atoms with Crippen molar-refractivity contribution in [3.05, 3.63) is 0 Å². The zero-order chi connectivity index (χ0) is 6.41. The maximum absolute atomic E-state index is 6.65. The largest absolute Gasteiger partial charge is 0.370 e. The summed E-state index contributed by atoms with van der Waals surface area (Å²) in [5, 5.41) is 9.06. The van der Waals surface area contributed by atoms with Crippen LogP contribution in [0.3, 0.4) is 0 Å². The van der Waals surface area contributed by atoms with Crippen LogP contribution in [-0.2, 0) is 0 Å². The number of aliphatic imine (C=N–C) groups is 1. The molecule has 0 aliphatic rings. The van der Waals surface area contributed by atoms with Gasteiger partial charge in [-0.1, -0.05) is 0 Å². The number of nitrogens with zero attached hydrogens (tertiary/aromatic N) is 1. The van der Waals surface area contributed by atoms with Gasteiger partial charge in [0.15, 0.2) is 5.96 Å². The molecule has 0 unspecified atom stereocenters. The van der Waals surface area contributed by atoms with Crippen LogP contribution in [0.2, 0.25) is 0 Å². The predicted molar refractivity (Wildman–Crippen MR) is 34.1 cm³/mol. The first kappa shape index (κ1) is 6.94. The van der Waals surface area contributed by atoms with Crippen molar-refractivity contribution in [3.8, 4) is 0 Å². The Balaban J connectivity index is 3.16. The molecular formula is C4H10N4. The van der Waals surface area contributed by atoms with Crippen LogP contribution in [0, 0.1) is 5.41 Å². The van der Waals surface area contributed by atoms with Crippen LogP contribution in [0.25, 0.3) is 0 Å². The fourth-order valence-corrected chi connectivity index (χ4v) is 0.206. The molecule has 0 atom stereocenters. The summed E-state index contributed by atoms with van der Waals surface area (Å²) in [6, 6.07) is 0. The summed E-state index contributed by atoms with van der Waals surface area (Å²) in [7, 11) is 0. The molecule has 8 heavy (non-hydrogen) atoms. The standard InChI is InChI=1S/C4H10N4/c1-2-7-3-8-4(5)6/h3H,2H2,1H3,(H4,5,6,7,8). The van der Waals surface area contributed by atoms with E-state index >= 15 is 0 Å². The monoisotopic (exact) mass is 114 g/mol. The van der Waals surface area contributed by atoms with E-state index in [0.29, 0.717) is 6.54 Å². The van der Waals surface area contributed by atoms with Crippen LogP contribution in [0.5, 0.6) is 0 Å². The molecule has 46 valence electrons. The van der Waals surface area contributed by atoms with Crippen LogP contribution >= 0.6 is 0 Å². The second kappa shape index (κ2) is 4.11. The molecule has 0 aromatic carbocycles. The Morgan fingerprint density at radius 1 is 2.00 bits per heavy atom. The molecule has 0 spiro atoms. The van der Waals surface area contributed by atoms with E-state index in [-0.39, 0.29) is 5.96 Å². The van der Waals surface area contributed by atoms with E-state index in [4.69, 9.17) is 11.1 Å². The van der Waals surface area contributed by atoms with Gasteiger partial charge in [0.1, 0.15) is 0 Å². The Bertz CT molecular complexity index is 96.2. The molecule has 0 aliphatic heterocycles. The molecule has 0 radical (unpaired) electrons. The van der Waals surface area contributed by atoms with Crippen molar-refractivity contribution in [3.63, 3.8) is 0 Å². The summed E-state index contributed by atoms with van der Waals surface area (Å²) >= 11 is 0. The van der Waals surface area contributed by atoms with Gasteiger partial charge in [-0.25, -0.2) is 0 Å². The van der Waals surface area contributed by atoms with Crippen molar-refractivity contribution < 1.29 is 0 Å². The van der Waals surface area contributed by atoms with Gasteiger partial charge in [0, 0.05) is 6.54 Å². The molecule has 0 heterocycles. The summed E-state index contributed by atoms with van der Waals surface area (Å²) in [5.74, 6) is -0.0813. The molecule has 0 fully saturated rings. The third-order valence-electron chi connectivity index (χ3n) is 0.494. The highest BCUT2D eigenvalue weighted by Crippen LogP contribution is 1.57. The number of rotatable bonds is 2. The van der Waals surface area contributed by atoms with E-state index in [1.165, 1.54) is 6.34 Å². The van der Waals surface area contributed by atoms with Gasteiger partial charge >= 0.3 is 0 Å². The van der Waals surface area contributed by atoms with Crippen LogP contribution in [0.1, 0.15) is 6.92 Å². The maximum Gasteiger partial charge on any atom is 0.190 e. The van der Waals surface area contributed by atoms with E-state index in [0.717, 1.165) is 0 Å². The first-order chi connectivity index (χ1) is 3.77. The fraction of sp³-hybridized carbons (Fsp3) is 0.500. The quantitative estimate of drug-likeness (QED) is 0.335. The fourth-order valence-electron chi connectivity index (χ4n) is 0.206. The summed E-state index contributed by atoms with van der Waals surface area (Å²) in [6.07, 6.45) is 1.41. The lowest BCUT2D eigenvalue weighted by molar-refractivity contribution is 1.12. The number of hydrogen-bond donors (Lipinski definition) is 3. The lowest BCUT2D eigenvalue weighted by Crippen LogP contribution is -2.28. The molecular weight excluding hydrogens is 104 g/mol. The maximum atomic E-state index is 6.65. The third-order valence-corrected chi connectivity index (χ3v) is 0.494. The molecule has 0 amide bonds. The number of hydrogen-bond acceptors (Lipinski definition) is 2. The molecule has 4 heteroatoms. The molecule has 0 bridgehead atoms. The average molecular weight is 114 g/mol.